The molecule has 0 spiro atoms. The van der Waals surface area contributed by atoms with E-state index in [2.05, 4.69) is 20.5 Å². The van der Waals surface area contributed by atoms with Gasteiger partial charge in [-0.3, -0.25) is 29.1 Å². The normalized spacial score (nSPS) is 12.3. The van der Waals surface area contributed by atoms with Crippen LogP contribution in [-0.2, 0) is 18.4 Å². The van der Waals surface area contributed by atoms with Gasteiger partial charge in [-0.15, -0.1) is 11.3 Å². The summed E-state index contributed by atoms with van der Waals surface area (Å²) in [7, 11) is 1.68. The molecule has 15 heteroatoms. The highest BCUT2D eigenvalue weighted by atomic mass is 32.1. The number of carbonyl (C=O) groups excluding carboxylic acids is 2. The highest BCUT2D eigenvalue weighted by Crippen LogP contribution is 2.43. The number of nitrogens with one attached hydrogen (secondary N) is 1. The van der Waals surface area contributed by atoms with E-state index in [9.17, 15) is 28.5 Å². The lowest BCUT2D eigenvalue weighted by molar-refractivity contribution is -0.385. The monoisotopic (exact) mass is 518 g/mol. The van der Waals surface area contributed by atoms with E-state index in [0.29, 0.717) is 16.8 Å². The van der Waals surface area contributed by atoms with Crippen LogP contribution in [0.1, 0.15) is 34.4 Å². The van der Waals surface area contributed by atoms with E-state index >= 15 is 0 Å². The number of nitrogens with zero attached hydrogens (tertiary/aromatic N) is 6. The number of aryl methyl sites for hydroxylation is 2. The van der Waals surface area contributed by atoms with Crippen LogP contribution in [0, 0.1) is 23.0 Å². The fourth-order valence-electron chi connectivity index (χ4n) is 3.76. The molecule has 0 saturated carbocycles. The van der Waals surface area contributed by atoms with Gasteiger partial charge < -0.3 is 11.1 Å². The van der Waals surface area contributed by atoms with Crippen LogP contribution in [-0.4, -0.2) is 41.3 Å². The maximum absolute atomic E-state index is 13.6. The van der Waals surface area contributed by atoms with Gasteiger partial charge >= 0.3 is 5.69 Å². The van der Waals surface area contributed by atoms with Crippen molar-refractivity contribution in [1.82, 2.24) is 24.5 Å². The predicted molar refractivity (Wildman–Crippen MR) is 127 cm³/mol. The van der Waals surface area contributed by atoms with Gasteiger partial charge in [0.25, 0.3) is 12.3 Å². The number of anilines is 1. The van der Waals surface area contributed by atoms with Crippen LogP contribution in [0.2, 0.25) is 0 Å². The Labute approximate surface area is 205 Å². The summed E-state index contributed by atoms with van der Waals surface area (Å²) in [6, 6.07) is 1.20. The number of nitrogens with two attached hydrogens (primary N) is 1. The third-order valence-corrected chi connectivity index (χ3v) is 6.52. The topological polar surface area (TPSA) is 164 Å². The van der Waals surface area contributed by atoms with Crippen molar-refractivity contribution in [3.05, 3.63) is 51.0 Å². The first-order valence-electron chi connectivity index (χ1n) is 10.5. The first-order chi connectivity index (χ1) is 17.0. The average molecular weight is 519 g/mol. The zero-order valence-corrected chi connectivity index (χ0v) is 20.0. The van der Waals surface area contributed by atoms with Crippen LogP contribution in [0.25, 0.3) is 21.3 Å². The molecule has 2 amide bonds. The number of primary amides is 1. The Morgan fingerprint density at radius 1 is 1.31 bits per heavy atom. The zero-order valence-electron chi connectivity index (χ0n) is 19.2. The van der Waals surface area contributed by atoms with Gasteiger partial charge in [0.15, 0.2) is 0 Å². The van der Waals surface area contributed by atoms with Gasteiger partial charge in [-0.25, -0.2) is 13.8 Å². The minimum absolute atomic E-state index is 0.00992. The summed E-state index contributed by atoms with van der Waals surface area (Å²) in [6.07, 6.45) is 1.02. The lowest BCUT2D eigenvalue weighted by atomic mass is 10.0. The number of hydrogen-bond donors (Lipinski definition) is 2. The molecule has 0 aliphatic heterocycles. The quantitative estimate of drug-likeness (QED) is 0.266. The van der Waals surface area contributed by atoms with E-state index in [1.807, 2.05) is 0 Å². The van der Waals surface area contributed by atoms with E-state index in [4.69, 9.17) is 5.73 Å². The summed E-state index contributed by atoms with van der Waals surface area (Å²) in [5, 5.41) is 22.0. The summed E-state index contributed by atoms with van der Waals surface area (Å²) < 4.78 is 30.1. The summed E-state index contributed by atoms with van der Waals surface area (Å²) in [4.78, 5) is 39.7. The van der Waals surface area contributed by atoms with Gasteiger partial charge in [0, 0.05) is 24.2 Å². The molecule has 36 heavy (non-hydrogen) atoms. The molecule has 0 fully saturated rings. The van der Waals surface area contributed by atoms with Crippen molar-refractivity contribution in [2.45, 2.75) is 26.8 Å². The van der Waals surface area contributed by atoms with Gasteiger partial charge in [0.05, 0.1) is 28.8 Å². The molecule has 0 aliphatic carbocycles. The fourth-order valence-corrected chi connectivity index (χ4v) is 4.77. The van der Waals surface area contributed by atoms with Gasteiger partial charge in [-0.1, -0.05) is 6.92 Å². The first kappa shape index (κ1) is 24.8. The molecule has 12 nitrogen and oxygen atoms in total. The van der Waals surface area contributed by atoms with E-state index in [-0.39, 0.29) is 33.0 Å². The number of thiophene rings is 1. The number of halogens is 2. The third-order valence-electron chi connectivity index (χ3n) is 5.42. The summed E-state index contributed by atoms with van der Waals surface area (Å²) in [5.74, 6) is -2.14. The minimum Gasteiger partial charge on any atom is -0.365 e. The number of amides is 2. The van der Waals surface area contributed by atoms with Crippen LogP contribution in [0.4, 0.5) is 20.2 Å². The largest absolute Gasteiger partial charge is 0.365 e. The molecule has 0 saturated heterocycles. The van der Waals surface area contributed by atoms with Crippen molar-refractivity contribution in [3.63, 3.8) is 0 Å². The maximum Gasteiger partial charge on any atom is 0.306 e. The number of fused-ring (bicyclic) bond motifs is 1. The molecule has 4 rings (SSSR count). The SMILES string of the molecule is Cc1nn(C)cc1-c1cc(C(F)F)nc2sc(C(N)=O)c(NC(=O)C(C)Cn3cc([N+](=O)[O-])cn3)c12. The highest BCUT2D eigenvalue weighted by Gasteiger charge is 2.27. The molecule has 4 aromatic rings. The van der Waals surface area contributed by atoms with Gasteiger partial charge in [0.2, 0.25) is 5.91 Å². The molecule has 1 unspecified atom stereocenters. The Bertz CT molecular complexity index is 1510. The van der Waals surface area contributed by atoms with Crippen molar-refractivity contribution in [1.29, 1.82) is 0 Å². The Morgan fingerprint density at radius 3 is 2.58 bits per heavy atom. The first-order valence-corrected chi connectivity index (χ1v) is 11.3. The van der Waals surface area contributed by atoms with Gasteiger partial charge in [0.1, 0.15) is 27.8 Å². The molecule has 1 atom stereocenters. The zero-order chi connectivity index (χ0) is 26.3. The molecule has 4 heterocycles. The van der Waals surface area contributed by atoms with E-state index in [0.717, 1.165) is 17.5 Å². The van der Waals surface area contributed by atoms with Gasteiger partial charge in [-0.05, 0) is 18.6 Å². The number of carbonyl (C=O) groups is 2. The molecule has 0 bridgehead atoms. The van der Waals surface area contributed by atoms with Crippen molar-refractivity contribution in [2.24, 2.45) is 18.7 Å². The summed E-state index contributed by atoms with van der Waals surface area (Å²) in [6.45, 7) is 3.28. The summed E-state index contributed by atoms with van der Waals surface area (Å²) in [5.41, 5.74) is 6.27. The Balaban J connectivity index is 1.79. The van der Waals surface area contributed by atoms with Crippen LogP contribution < -0.4 is 11.1 Å². The minimum atomic E-state index is -2.87. The predicted octanol–water partition coefficient (Wildman–Crippen LogP) is 3.42. The maximum atomic E-state index is 13.6. The van der Waals surface area contributed by atoms with Crippen molar-refractivity contribution in [3.8, 4) is 11.1 Å². The van der Waals surface area contributed by atoms with Crippen LogP contribution in [0.3, 0.4) is 0 Å². The molecule has 3 N–H and O–H groups in total. The molecular weight excluding hydrogens is 498 g/mol. The second-order valence-electron chi connectivity index (χ2n) is 8.12. The number of rotatable bonds is 8. The van der Waals surface area contributed by atoms with E-state index in [1.54, 1.807) is 27.1 Å². The van der Waals surface area contributed by atoms with Gasteiger partial charge in [-0.2, -0.15) is 10.2 Å². The summed E-state index contributed by atoms with van der Waals surface area (Å²) >= 11 is 0.796. The molecule has 0 aliphatic rings. The Morgan fingerprint density at radius 2 is 2.03 bits per heavy atom. The highest BCUT2D eigenvalue weighted by molar-refractivity contribution is 7.21. The fraction of sp³-hybridized carbons (Fsp3) is 0.286. The van der Waals surface area contributed by atoms with Crippen LogP contribution >= 0.6 is 11.3 Å². The number of nitro groups is 1. The molecule has 188 valence electrons. The molecule has 0 aromatic carbocycles. The number of aromatic nitrogens is 5. The molecular formula is C21H20F2N8O4S. The Kier molecular flexibility index (Phi) is 6.49. The second-order valence-corrected chi connectivity index (χ2v) is 9.11. The van der Waals surface area contributed by atoms with Crippen molar-refractivity contribution < 1.29 is 23.3 Å². The van der Waals surface area contributed by atoms with E-state index < -0.39 is 34.8 Å². The van der Waals surface area contributed by atoms with Crippen LogP contribution in [0.5, 0.6) is 0 Å². The Hall–Kier alpha value is -4.27. The van der Waals surface area contributed by atoms with Crippen molar-refractivity contribution >= 4 is 44.7 Å². The number of pyridine rings is 1. The lowest BCUT2D eigenvalue weighted by Gasteiger charge is -2.14. The number of alkyl halides is 2. The standard InChI is InChI=1S/C21H20F2N8O4S/c1-9(6-30-7-11(5-25-30)31(34)35)20(33)27-16-15-12(13-8-29(3)28-10(13)2)4-14(18(22)23)26-21(15)36-17(16)19(24)32/h4-5,7-9,18H,6H2,1-3H3,(H2,24,32)(H,27,33). The number of hydrogen-bond acceptors (Lipinski definition) is 8. The second kappa shape index (κ2) is 9.41. The molecule has 0 radical (unpaired) electrons. The van der Waals surface area contributed by atoms with Crippen molar-refractivity contribution in [2.75, 3.05) is 5.32 Å². The lowest BCUT2D eigenvalue weighted by Crippen LogP contribution is -2.25. The van der Waals surface area contributed by atoms with Crippen LogP contribution in [0.15, 0.2) is 24.7 Å². The third kappa shape index (κ3) is 4.64. The average Bonchev–Trinajstić information content (AvgIpc) is 3.50. The molecule has 4 aromatic heterocycles. The smallest absolute Gasteiger partial charge is 0.306 e. The van der Waals surface area contributed by atoms with E-state index in [1.165, 1.54) is 21.6 Å².